The van der Waals surface area contributed by atoms with E-state index in [1.807, 2.05) is 0 Å². The van der Waals surface area contributed by atoms with Gasteiger partial charge in [-0.3, -0.25) is 4.79 Å². The summed E-state index contributed by atoms with van der Waals surface area (Å²) in [6, 6.07) is 8.36. The highest BCUT2D eigenvalue weighted by Crippen LogP contribution is 2.18. The Morgan fingerprint density at radius 1 is 1.24 bits per heavy atom. The Morgan fingerprint density at radius 3 is 2.96 bits per heavy atom. The van der Waals surface area contributed by atoms with E-state index in [1.165, 1.54) is 6.20 Å². The molecule has 0 spiro atoms. The van der Waals surface area contributed by atoms with Gasteiger partial charge in [-0.25, -0.2) is 9.78 Å². The van der Waals surface area contributed by atoms with Crippen molar-refractivity contribution in [2.24, 2.45) is 0 Å². The van der Waals surface area contributed by atoms with E-state index < -0.39 is 0 Å². The van der Waals surface area contributed by atoms with E-state index in [0.717, 1.165) is 6.42 Å². The number of hydrogen-bond donors (Lipinski definition) is 3. The van der Waals surface area contributed by atoms with Crippen LogP contribution in [0.4, 0.5) is 5.69 Å². The first-order valence-corrected chi connectivity index (χ1v) is 7.91. The maximum absolute atomic E-state index is 12.4. The van der Waals surface area contributed by atoms with Gasteiger partial charge in [0.1, 0.15) is 6.10 Å². The summed E-state index contributed by atoms with van der Waals surface area (Å²) >= 11 is 0. The third kappa shape index (κ3) is 3.38. The molecule has 8 heteroatoms. The molecule has 1 saturated heterocycles. The van der Waals surface area contributed by atoms with E-state index in [4.69, 9.17) is 9.47 Å². The average Bonchev–Trinajstić information content (AvgIpc) is 3.23. The van der Waals surface area contributed by atoms with Crippen molar-refractivity contribution in [3.8, 4) is 5.88 Å². The quantitative estimate of drug-likeness (QED) is 0.669. The summed E-state index contributed by atoms with van der Waals surface area (Å²) in [5.41, 5.74) is 2.04. The first-order chi connectivity index (χ1) is 12.2. The Hall–Kier alpha value is -3.13. The summed E-state index contributed by atoms with van der Waals surface area (Å²) in [6.07, 6.45) is 2.32. The molecular weight excluding hydrogens is 324 g/mol. The van der Waals surface area contributed by atoms with Gasteiger partial charge in [0.25, 0.3) is 5.91 Å². The van der Waals surface area contributed by atoms with Crippen molar-refractivity contribution in [3.05, 3.63) is 52.6 Å². The Kier molecular flexibility index (Phi) is 3.95. The molecule has 1 atom stereocenters. The van der Waals surface area contributed by atoms with Crippen LogP contribution in [0.3, 0.4) is 0 Å². The second-order valence-electron chi connectivity index (χ2n) is 5.78. The summed E-state index contributed by atoms with van der Waals surface area (Å²) in [4.78, 5) is 33.2. The fourth-order valence-corrected chi connectivity index (χ4v) is 2.71. The summed E-state index contributed by atoms with van der Waals surface area (Å²) in [5.74, 6) is 0.112. The first-order valence-electron chi connectivity index (χ1n) is 7.91. The summed E-state index contributed by atoms with van der Waals surface area (Å²) < 4.78 is 11.0. The number of carbonyl (C=O) groups is 1. The molecule has 1 aliphatic rings. The second kappa shape index (κ2) is 6.40. The Bertz CT molecular complexity index is 972. The summed E-state index contributed by atoms with van der Waals surface area (Å²) in [5, 5.41) is 2.80. The number of imidazole rings is 1. The molecule has 3 aromatic rings. The molecule has 0 unspecified atom stereocenters. The highest BCUT2D eigenvalue weighted by molar-refractivity contribution is 6.05. The highest BCUT2D eigenvalue weighted by Gasteiger charge is 2.18. The molecule has 0 radical (unpaired) electrons. The molecule has 3 heterocycles. The number of H-pyrrole nitrogens is 2. The molecule has 128 valence electrons. The molecule has 8 nitrogen and oxygen atoms in total. The smallest absolute Gasteiger partial charge is 0.323 e. The van der Waals surface area contributed by atoms with Crippen LogP contribution in [0, 0.1) is 0 Å². The second-order valence-corrected chi connectivity index (χ2v) is 5.78. The van der Waals surface area contributed by atoms with Gasteiger partial charge in [-0.05, 0) is 24.3 Å². The van der Waals surface area contributed by atoms with Gasteiger partial charge in [-0.1, -0.05) is 0 Å². The van der Waals surface area contributed by atoms with Crippen LogP contribution in [0.2, 0.25) is 0 Å². The molecule has 1 fully saturated rings. The van der Waals surface area contributed by atoms with E-state index in [9.17, 15) is 9.59 Å². The van der Waals surface area contributed by atoms with Crippen LogP contribution in [-0.4, -0.2) is 40.2 Å². The number of ether oxygens (including phenoxy) is 2. The van der Waals surface area contributed by atoms with Crippen LogP contribution in [0.15, 0.2) is 41.3 Å². The molecular formula is C17H16N4O4. The van der Waals surface area contributed by atoms with Gasteiger partial charge >= 0.3 is 5.69 Å². The van der Waals surface area contributed by atoms with Crippen molar-refractivity contribution < 1.29 is 14.3 Å². The molecule has 2 aromatic heterocycles. The average molecular weight is 340 g/mol. The lowest BCUT2D eigenvalue weighted by Gasteiger charge is -2.11. The molecule has 25 heavy (non-hydrogen) atoms. The molecule has 0 aliphatic carbocycles. The van der Waals surface area contributed by atoms with Crippen LogP contribution < -0.4 is 15.7 Å². The first kappa shape index (κ1) is 15.4. The van der Waals surface area contributed by atoms with Gasteiger partial charge in [0.15, 0.2) is 0 Å². The fourth-order valence-electron chi connectivity index (χ4n) is 2.71. The third-order valence-electron chi connectivity index (χ3n) is 3.95. The van der Waals surface area contributed by atoms with Crippen LogP contribution in [0.25, 0.3) is 11.0 Å². The molecule has 4 rings (SSSR count). The molecule has 0 saturated carbocycles. The predicted molar refractivity (Wildman–Crippen MR) is 91.0 cm³/mol. The van der Waals surface area contributed by atoms with Crippen molar-refractivity contribution in [1.29, 1.82) is 0 Å². The van der Waals surface area contributed by atoms with Crippen molar-refractivity contribution in [2.75, 3.05) is 18.5 Å². The number of pyridine rings is 1. The summed E-state index contributed by atoms with van der Waals surface area (Å²) in [7, 11) is 0. The highest BCUT2D eigenvalue weighted by atomic mass is 16.5. The fraction of sp³-hybridized carbons (Fsp3) is 0.235. The largest absolute Gasteiger partial charge is 0.472 e. The molecule has 3 N–H and O–H groups in total. The monoisotopic (exact) mass is 340 g/mol. The number of aromatic amines is 2. The number of hydrogen-bond acceptors (Lipinski definition) is 5. The lowest BCUT2D eigenvalue weighted by molar-refractivity contribution is 0.102. The molecule has 0 bridgehead atoms. The van der Waals surface area contributed by atoms with Crippen molar-refractivity contribution in [3.63, 3.8) is 0 Å². The van der Waals surface area contributed by atoms with Crippen molar-refractivity contribution in [2.45, 2.75) is 12.5 Å². The van der Waals surface area contributed by atoms with Gasteiger partial charge in [-0.2, -0.15) is 0 Å². The number of fused-ring (bicyclic) bond motifs is 1. The van der Waals surface area contributed by atoms with Gasteiger partial charge < -0.3 is 24.8 Å². The zero-order valence-corrected chi connectivity index (χ0v) is 13.2. The van der Waals surface area contributed by atoms with Gasteiger partial charge in [0.05, 0.1) is 24.2 Å². The number of amides is 1. The SMILES string of the molecule is O=C(Nc1ccc2[nH]c(=O)[nH]c2c1)c1ccnc(O[C@@H]2CCOC2)c1. The van der Waals surface area contributed by atoms with Crippen LogP contribution in [0.1, 0.15) is 16.8 Å². The zero-order chi connectivity index (χ0) is 17.2. The molecule has 1 amide bonds. The minimum atomic E-state index is -0.287. The lowest BCUT2D eigenvalue weighted by atomic mass is 10.2. The van der Waals surface area contributed by atoms with Gasteiger partial charge in [0, 0.05) is 29.9 Å². The minimum absolute atomic E-state index is 0.0290. The maximum atomic E-state index is 12.4. The standard InChI is InChI=1S/C17H16N4O4/c22-16(19-11-1-2-13-14(8-11)21-17(23)20-13)10-3-5-18-15(7-10)25-12-4-6-24-9-12/h1-3,5,7-8,12H,4,6,9H2,(H,19,22)(H2,20,21,23)/t12-/m1/s1. The Balaban J connectivity index is 1.50. The van der Waals surface area contributed by atoms with E-state index in [-0.39, 0.29) is 17.7 Å². The normalized spacial score (nSPS) is 16.9. The Morgan fingerprint density at radius 2 is 2.12 bits per heavy atom. The Labute approximate surface area is 142 Å². The van der Waals surface area contributed by atoms with Gasteiger partial charge in [-0.15, -0.1) is 0 Å². The zero-order valence-electron chi connectivity index (χ0n) is 13.2. The number of nitrogens with one attached hydrogen (secondary N) is 3. The lowest BCUT2D eigenvalue weighted by Crippen LogP contribution is -2.17. The number of benzene rings is 1. The predicted octanol–water partition coefficient (Wildman–Crippen LogP) is 1.67. The number of anilines is 1. The van der Waals surface area contributed by atoms with E-state index in [0.29, 0.717) is 41.4 Å². The topological polar surface area (TPSA) is 109 Å². The number of carbonyl (C=O) groups excluding carboxylic acids is 1. The van der Waals surface area contributed by atoms with E-state index >= 15 is 0 Å². The summed E-state index contributed by atoms with van der Waals surface area (Å²) in [6.45, 7) is 1.21. The molecule has 1 aromatic carbocycles. The van der Waals surface area contributed by atoms with E-state index in [2.05, 4.69) is 20.3 Å². The van der Waals surface area contributed by atoms with Crippen LogP contribution in [-0.2, 0) is 4.74 Å². The number of aromatic nitrogens is 3. The maximum Gasteiger partial charge on any atom is 0.323 e. The minimum Gasteiger partial charge on any atom is -0.472 e. The molecule has 1 aliphatic heterocycles. The van der Waals surface area contributed by atoms with Crippen molar-refractivity contribution >= 4 is 22.6 Å². The third-order valence-corrected chi connectivity index (χ3v) is 3.95. The number of nitrogens with zero attached hydrogens (tertiary/aromatic N) is 1. The van der Waals surface area contributed by atoms with Gasteiger partial charge in [0.2, 0.25) is 5.88 Å². The van der Waals surface area contributed by atoms with Crippen molar-refractivity contribution in [1.82, 2.24) is 15.0 Å². The van der Waals surface area contributed by atoms with Crippen LogP contribution in [0.5, 0.6) is 5.88 Å². The number of rotatable bonds is 4. The van der Waals surface area contributed by atoms with Crippen LogP contribution >= 0.6 is 0 Å². The van der Waals surface area contributed by atoms with E-state index in [1.54, 1.807) is 30.3 Å².